The number of pyridine rings is 1. The summed E-state index contributed by atoms with van der Waals surface area (Å²) in [5, 5.41) is 0. The molecule has 0 saturated carbocycles. The number of carbonyl (C=O) groups excluding carboxylic acids is 1. The van der Waals surface area contributed by atoms with E-state index in [9.17, 15) is 9.59 Å². The summed E-state index contributed by atoms with van der Waals surface area (Å²) in [6.07, 6.45) is 2.64. The molecule has 1 fully saturated rings. The summed E-state index contributed by atoms with van der Waals surface area (Å²) in [5.74, 6) is 1.91. The molecule has 2 aliphatic rings. The molecule has 1 amide bonds. The molecule has 5 rings (SSSR count). The number of amides is 1. The molecule has 0 aliphatic carbocycles. The molecule has 2 unspecified atom stereocenters. The van der Waals surface area contributed by atoms with Gasteiger partial charge >= 0.3 is 0 Å². The number of aromatic nitrogens is 1. The van der Waals surface area contributed by atoms with Crippen molar-refractivity contribution in [1.29, 1.82) is 0 Å². The third kappa shape index (κ3) is 3.53. The Bertz CT molecular complexity index is 1090. The van der Waals surface area contributed by atoms with Crippen molar-refractivity contribution in [3.05, 3.63) is 88.2 Å². The molecule has 0 radical (unpaired) electrons. The maximum atomic E-state index is 13.3. The summed E-state index contributed by atoms with van der Waals surface area (Å²) < 4.78 is 7.54. The summed E-state index contributed by atoms with van der Waals surface area (Å²) in [6, 6.07) is 17.4. The number of benzene rings is 1. The SMILES string of the molecule is O=C(c1ccoc1CSc1ccccc1)N1CC2CC(C1)c1cccc(=O)n1C2. The number of fused-ring (bicyclic) bond motifs is 4. The van der Waals surface area contributed by atoms with E-state index in [1.165, 1.54) is 0 Å². The van der Waals surface area contributed by atoms with Gasteiger partial charge in [0.2, 0.25) is 0 Å². The van der Waals surface area contributed by atoms with Gasteiger partial charge in [0.1, 0.15) is 5.76 Å². The normalized spacial score (nSPS) is 20.3. The van der Waals surface area contributed by atoms with Gasteiger partial charge in [-0.2, -0.15) is 0 Å². The second-order valence-corrected chi connectivity index (χ2v) is 8.82. The fourth-order valence-electron chi connectivity index (χ4n) is 4.54. The molecule has 1 aromatic carbocycles. The molecule has 4 heterocycles. The molecule has 29 heavy (non-hydrogen) atoms. The van der Waals surface area contributed by atoms with Crippen LogP contribution >= 0.6 is 11.8 Å². The van der Waals surface area contributed by atoms with E-state index in [1.54, 1.807) is 30.2 Å². The van der Waals surface area contributed by atoms with Crippen LogP contribution in [0.4, 0.5) is 0 Å². The molecular formula is C23H22N2O3S. The van der Waals surface area contributed by atoms with Crippen molar-refractivity contribution in [2.75, 3.05) is 13.1 Å². The van der Waals surface area contributed by atoms with Crippen LogP contribution in [0.1, 0.15) is 34.2 Å². The number of nitrogens with zero attached hydrogens (tertiary/aromatic N) is 2. The van der Waals surface area contributed by atoms with Crippen LogP contribution in [-0.2, 0) is 12.3 Å². The predicted molar refractivity (Wildman–Crippen MR) is 112 cm³/mol. The first-order chi connectivity index (χ1) is 14.2. The zero-order chi connectivity index (χ0) is 19.8. The zero-order valence-corrected chi connectivity index (χ0v) is 16.8. The highest BCUT2D eigenvalue weighted by Crippen LogP contribution is 2.36. The van der Waals surface area contributed by atoms with Gasteiger partial charge in [-0.3, -0.25) is 9.59 Å². The van der Waals surface area contributed by atoms with E-state index in [0.29, 0.717) is 36.9 Å². The van der Waals surface area contributed by atoms with Gasteiger partial charge in [-0.1, -0.05) is 24.3 Å². The predicted octanol–water partition coefficient (Wildman–Crippen LogP) is 3.99. The van der Waals surface area contributed by atoms with Crippen LogP contribution in [0.25, 0.3) is 0 Å². The van der Waals surface area contributed by atoms with Crippen molar-refractivity contribution in [2.45, 2.75) is 29.5 Å². The number of likely N-dealkylation sites (tertiary alicyclic amines) is 1. The minimum Gasteiger partial charge on any atom is -0.468 e. The summed E-state index contributed by atoms with van der Waals surface area (Å²) in [5.41, 5.74) is 1.77. The van der Waals surface area contributed by atoms with Crippen molar-refractivity contribution in [1.82, 2.24) is 9.47 Å². The molecule has 6 heteroatoms. The number of thioether (sulfide) groups is 1. The summed E-state index contributed by atoms with van der Waals surface area (Å²) in [4.78, 5) is 28.6. The third-order valence-electron chi connectivity index (χ3n) is 5.86. The van der Waals surface area contributed by atoms with Crippen molar-refractivity contribution < 1.29 is 9.21 Å². The van der Waals surface area contributed by atoms with Crippen LogP contribution < -0.4 is 5.56 Å². The summed E-state index contributed by atoms with van der Waals surface area (Å²) in [7, 11) is 0. The molecule has 2 aromatic heterocycles. The Morgan fingerprint density at radius 3 is 2.76 bits per heavy atom. The number of carbonyl (C=O) groups is 1. The molecular weight excluding hydrogens is 384 g/mol. The largest absolute Gasteiger partial charge is 0.468 e. The van der Waals surface area contributed by atoms with Crippen LogP contribution in [0.5, 0.6) is 0 Å². The van der Waals surface area contributed by atoms with Crippen molar-refractivity contribution in [3.63, 3.8) is 0 Å². The van der Waals surface area contributed by atoms with Gasteiger partial charge in [0.15, 0.2) is 0 Å². The monoisotopic (exact) mass is 406 g/mol. The average molecular weight is 407 g/mol. The molecule has 1 saturated heterocycles. The smallest absolute Gasteiger partial charge is 0.257 e. The van der Waals surface area contributed by atoms with E-state index in [0.717, 1.165) is 22.8 Å². The van der Waals surface area contributed by atoms with E-state index < -0.39 is 0 Å². The Kier molecular flexibility index (Phi) is 4.79. The second kappa shape index (κ2) is 7.59. The maximum Gasteiger partial charge on any atom is 0.257 e. The highest BCUT2D eigenvalue weighted by Gasteiger charge is 2.37. The first kappa shape index (κ1) is 18.3. The highest BCUT2D eigenvalue weighted by atomic mass is 32.2. The van der Waals surface area contributed by atoms with Gasteiger partial charge in [-0.15, -0.1) is 11.8 Å². The molecule has 2 aliphatic heterocycles. The van der Waals surface area contributed by atoms with E-state index in [4.69, 9.17) is 4.42 Å². The maximum absolute atomic E-state index is 13.3. The van der Waals surface area contributed by atoms with Gasteiger partial charge in [-0.25, -0.2) is 0 Å². The fraction of sp³-hybridized carbons (Fsp3) is 0.304. The van der Waals surface area contributed by atoms with Gasteiger partial charge in [-0.05, 0) is 36.6 Å². The standard InChI is InChI=1S/C23H22N2O3S/c26-22-8-4-7-20-17-11-16(13-25(20)22)12-24(14-17)23(27)19-9-10-28-21(19)15-29-18-5-2-1-3-6-18/h1-10,16-17H,11-15H2. The van der Waals surface area contributed by atoms with Crippen molar-refractivity contribution in [3.8, 4) is 0 Å². The van der Waals surface area contributed by atoms with Crippen LogP contribution in [0, 0.1) is 5.92 Å². The van der Waals surface area contributed by atoms with Crippen molar-refractivity contribution >= 4 is 17.7 Å². The van der Waals surface area contributed by atoms with Gasteiger partial charge < -0.3 is 13.9 Å². The molecule has 148 valence electrons. The first-order valence-corrected chi connectivity index (χ1v) is 10.9. The Morgan fingerprint density at radius 2 is 1.90 bits per heavy atom. The lowest BCUT2D eigenvalue weighted by atomic mass is 9.83. The molecule has 5 nitrogen and oxygen atoms in total. The Balaban J connectivity index is 1.34. The fourth-order valence-corrected chi connectivity index (χ4v) is 5.41. The average Bonchev–Trinajstić information content (AvgIpc) is 3.22. The van der Waals surface area contributed by atoms with E-state index in [2.05, 4.69) is 12.1 Å². The third-order valence-corrected chi connectivity index (χ3v) is 6.87. The quantitative estimate of drug-likeness (QED) is 0.615. The highest BCUT2D eigenvalue weighted by molar-refractivity contribution is 7.98. The lowest BCUT2D eigenvalue weighted by Crippen LogP contribution is -2.49. The van der Waals surface area contributed by atoms with Crippen molar-refractivity contribution in [2.24, 2.45) is 5.92 Å². The molecule has 3 aromatic rings. The Morgan fingerprint density at radius 1 is 1.03 bits per heavy atom. The summed E-state index contributed by atoms with van der Waals surface area (Å²) in [6.45, 7) is 2.03. The first-order valence-electron chi connectivity index (χ1n) is 9.92. The zero-order valence-electron chi connectivity index (χ0n) is 16.0. The Labute approximate surface area is 173 Å². The van der Waals surface area contributed by atoms with Crippen LogP contribution in [0.2, 0.25) is 0 Å². The number of furan rings is 1. The number of piperidine rings is 1. The van der Waals surface area contributed by atoms with Crippen LogP contribution in [-0.4, -0.2) is 28.5 Å². The minimum absolute atomic E-state index is 0.0313. The number of hydrogen-bond acceptors (Lipinski definition) is 4. The lowest BCUT2D eigenvalue weighted by molar-refractivity contribution is 0.0592. The summed E-state index contributed by atoms with van der Waals surface area (Å²) >= 11 is 1.66. The van der Waals surface area contributed by atoms with Crippen LogP contribution in [0.15, 0.2) is 75.0 Å². The molecule has 0 spiro atoms. The lowest BCUT2D eigenvalue weighted by Gasteiger charge is -2.42. The second-order valence-electron chi connectivity index (χ2n) is 7.77. The molecule has 2 atom stereocenters. The van der Waals surface area contributed by atoms with Gasteiger partial charge in [0, 0.05) is 42.2 Å². The minimum atomic E-state index is 0.0313. The molecule has 2 bridgehead atoms. The Hall–Kier alpha value is -2.73. The van der Waals surface area contributed by atoms with E-state index in [1.807, 2.05) is 39.8 Å². The van der Waals surface area contributed by atoms with Crippen LogP contribution in [0.3, 0.4) is 0 Å². The van der Waals surface area contributed by atoms with Gasteiger partial charge in [0.05, 0.1) is 17.6 Å². The van der Waals surface area contributed by atoms with E-state index >= 15 is 0 Å². The topological polar surface area (TPSA) is 55.5 Å². The molecule has 0 N–H and O–H groups in total. The van der Waals surface area contributed by atoms with Gasteiger partial charge in [0.25, 0.3) is 11.5 Å². The number of rotatable bonds is 4. The number of hydrogen-bond donors (Lipinski definition) is 0. The van der Waals surface area contributed by atoms with E-state index in [-0.39, 0.29) is 17.4 Å².